The van der Waals surface area contributed by atoms with Crippen LogP contribution in [0.25, 0.3) is 11.3 Å². The fourth-order valence-corrected chi connectivity index (χ4v) is 4.58. The maximum atomic E-state index is 13.0. The molecule has 0 radical (unpaired) electrons. The first-order valence-corrected chi connectivity index (χ1v) is 10.5. The standard InChI is InChI=1S/C21H26N6O2/c22-17-7-6-14(13-23-17)19-16-12-18(28)27(15-4-2-1-3-5-15)20(16)25-21(24-19)26-8-10-29-11-9-26/h6-7,13,15H,1-5,8-12H2,(H2,22,23). The Labute approximate surface area is 170 Å². The van der Waals surface area contributed by atoms with Crippen LogP contribution in [0.4, 0.5) is 17.6 Å². The van der Waals surface area contributed by atoms with E-state index in [1.54, 1.807) is 12.3 Å². The van der Waals surface area contributed by atoms with Gasteiger partial charge in [0.2, 0.25) is 11.9 Å². The summed E-state index contributed by atoms with van der Waals surface area (Å²) >= 11 is 0. The summed E-state index contributed by atoms with van der Waals surface area (Å²) in [6.07, 6.45) is 7.74. The smallest absolute Gasteiger partial charge is 0.233 e. The van der Waals surface area contributed by atoms with Crippen molar-refractivity contribution in [2.24, 2.45) is 0 Å². The van der Waals surface area contributed by atoms with E-state index in [-0.39, 0.29) is 11.9 Å². The molecule has 2 aromatic heterocycles. The monoisotopic (exact) mass is 394 g/mol. The Hall–Kier alpha value is -2.74. The molecule has 2 fully saturated rings. The molecule has 29 heavy (non-hydrogen) atoms. The largest absolute Gasteiger partial charge is 0.384 e. The molecule has 1 saturated heterocycles. The minimum Gasteiger partial charge on any atom is -0.384 e. The average Bonchev–Trinajstić information content (AvgIpc) is 3.10. The Morgan fingerprint density at radius 1 is 1.07 bits per heavy atom. The maximum Gasteiger partial charge on any atom is 0.233 e. The minimum absolute atomic E-state index is 0.130. The Morgan fingerprint density at radius 3 is 2.59 bits per heavy atom. The molecular formula is C21H26N6O2. The number of rotatable bonds is 3. The minimum atomic E-state index is 0.130. The van der Waals surface area contributed by atoms with Crippen LogP contribution in [0.2, 0.25) is 0 Å². The highest BCUT2D eigenvalue weighted by Crippen LogP contribution is 2.39. The third kappa shape index (κ3) is 3.42. The number of amides is 1. The maximum absolute atomic E-state index is 13.0. The summed E-state index contributed by atoms with van der Waals surface area (Å²) in [5.74, 6) is 2.04. The topological polar surface area (TPSA) is 97.5 Å². The first kappa shape index (κ1) is 18.3. The van der Waals surface area contributed by atoms with Crippen LogP contribution in [0.5, 0.6) is 0 Å². The van der Waals surface area contributed by atoms with E-state index < -0.39 is 0 Å². The second kappa shape index (κ2) is 7.59. The van der Waals surface area contributed by atoms with Crippen LogP contribution in [-0.2, 0) is 16.0 Å². The van der Waals surface area contributed by atoms with Crippen molar-refractivity contribution in [3.63, 3.8) is 0 Å². The number of hydrogen-bond donors (Lipinski definition) is 1. The summed E-state index contributed by atoms with van der Waals surface area (Å²) < 4.78 is 5.49. The van der Waals surface area contributed by atoms with Crippen molar-refractivity contribution < 1.29 is 9.53 Å². The van der Waals surface area contributed by atoms with E-state index >= 15 is 0 Å². The highest BCUT2D eigenvalue weighted by molar-refractivity contribution is 6.03. The van der Waals surface area contributed by atoms with E-state index in [2.05, 4.69) is 9.88 Å². The fraction of sp³-hybridized carbons (Fsp3) is 0.524. The first-order valence-electron chi connectivity index (χ1n) is 10.5. The molecule has 0 bridgehead atoms. The number of carbonyl (C=O) groups excluding carboxylic acids is 1. The molecule has 4 heterocycles. The van der Waals surface area contributed by atoms with Crippen LogP contribution in [-0.4, -0.2) is 53.2 Å². The van der Waals surface area contributed by atoms with Crippen LogP contribution in [0, 0.1) is 0 Å². The lowest BCUT2D eigenvalue weighted by molar-refractivity contribution is -0.118. The number of aromatic nitrogens is 3. The predicted molar refractivity (Wildman–Crippen MR) is 111 cm³/mol. The highest BCUT2D eigenvalue weighted by Gasteiger charge is 2.38. The number of nitrogens with two attached hydrogens (primary N) is 1. The second-order valence-electron chi connectivity index (χ2n) is 7.98. The summed E-state index contributed by atoms with van der Waals surface area (Å²) in [5, 5.41) is 0. The summed E-state index contributed by atoms with van der Waals surface area (Å²) in [4.78, 5) is 31.2. The molecule has 0 unspecified atom stereocenters. The van der Waals surface area contributed by atoms with Crippen molar-refractivity contribution in [3.8, 4) is 11.3 Å². The number of fused-ring (bicyclic) bond motifs is 1. The zero-order valence-corrected chi connectivity index (χ0v) is 16.5. The third-order valence-corrected chi connectivity index (χ3v) is 6.09. The van der Waals surface area contributed by atoms with Crippen LogP contribution >= 0.6 is 0 Å². The molecule has 3 aliphatic rings. The quantitative estimate of drug-likeness (QED) is 0.852. The Bertz CT molecular complexity index is 904. The molecule has 152 valence electrons. The van der Waals surface area contributed by atoms with Crippen molar-refractivity contribution in [1.29, 1.82) is 0 Å². The van der Waals surface area contributed by atoms with Crippen molar-refractivity contribution in [1.82, 2.24) is 15.0 Å². The number of nitrogen functional groups attached to an aromatic ring is 1. The fourth-order valence-electron chi connectivity index (χ4n) is 4.58. The number of carbonyl (C=O) groups is 1. The Morgan fingerprint density at radius 2 is 1.86 bits per heavy atom. The number of ether oxygens (including phenoxy) is 1. The van der Waals surface area contributed by atoms with Crippen molar-refractivity contribution >= 4 is 23.5 Å². The van der Waals surface area contributed by atoms with Crippen molar-refractivity contribution in [2.45, 2.75) is 44.6 Å². The normalized spacial score (nSPS) is 20.2. The number of morpholine rings is 1. The van der Waals surface area contributed by atoms with Crippen molar-refractivity contribution in [3.05, 3.63) is 23.9 Å². The van der Waals surface area contributed by atoms with E-state index in [0.717, 1.165) is 48.6 Å². The van der Waals surface area contributed by atoms with Crippen LogP contribution < -0.4 is 15.5 Å². The summed E-state index contributed by atoms with van der Waals surface area (Å²) in [6.45, 7) is 2.81. The van der Waals surface area contributed by atoms with Gasteiger partial charge in [-0.25, -0.2) is 9.97 Å². The molecule has 8 heteroatoms. The zero-order chi connectivity index (χ0) is 19.8. The third-order valence-electron chi connectivity index (χ3n) is 6.09. The summed E-state index contributed by atoms with van der Waals surface area (Å²) in [5.41, 5.74) is 8.34. The highest BCUT2D eigenvalue weighted by atomic mass is 16.5. The molecule has 1 aliphatic carbocycles. The average molecular weight is 394 g/mol. The Kier molecular flexibility index (Phi) is 4.79. The summed E-state index contributed by atoms with van der Waals surface area (Å²) in [7, 11) is 0. The number of anilines is 3. The molecule has 1 amide bonds. The van der Waals surface area contributed by atoms with Gasteiger partial charge in [0.25, 0.3) is 0 Å². The Balaban J connectivity index is 1.62. The van der Waals surface area contributed by atoms with Gasteiger partial charge in [0, 0.05) is 36.5 Å². The van der Waals surface area contributed by atoms with Crippen LogP contribution in [0.3, 0.4) is 0 Å². The molecule has 2 aromatic rings. The van der Waals surface area contributed by atoms with E-state index in [9.17, 15) is 4.79 Å². The SMILES string of the molecule is Nc1ccc(-c2nc(N3CCOCC3)nc3c2CC(=O)N3C2CCCCC2)cn1. The second-order valence-corrected chi connectivity index (χ2v) is 7.98. The van der Waals surface area contributed by atoms with Gasteiger partial charge in [0.1, 0.15) is 11.6 Å². The zero-order valence-electron chi connectivity index (χ0n) is 16.5. The summed E-state index contributed by atoms with van der Waals surface area (Å²) in [6, 6.07) is 3.93. The van der Waals surface area contributed by atoms with Gasteiger partial charge in [-0.15, -0.1) is 0 Å². The van der Waals surface area contributed by atoms with E-state index in [1.165, 1.54) is 19.3 Å². The van der Waals surface area contributed by atoms with Gasteiger partial charge in [-0.1, -0.05) is 19.3 Å². The van der Waals surface area contributed by atoms with Crippen molar-refractivity contribution in [2.75, 3.05) is 41.8 Å². The predicted octanol–water partition coefficient (Wildman–Crippen LogP) is 2.18. The first-order chi connectivity index (χ1) is 14.2. The molecule has 2 N–H and O–H groups in total. The molecule has 0 spiro atoms. The molecule has 0 aromatic carbocycles. The molecule has 2 aliphatic heterocycles. The van der Waals surface area contributed by atoms with Gasteiger partial charge >= 0.3 is 0 Å². The number of nitrogens with zero attached hydrogens (tertiary/aromatic N) is 5. The molecule has 1 saturated carbocycles. The lowest BCUT2D eigenvalue weighted by Crippen LogP contribution is -2.40. The van der Waals surface area contributed by atoms with Crippen LogP contribution in [0.15, 0.2) is 18.3 Å². The number of pyridine rings is 1. The van der Waals surface area contributed by atoms with E-state index in [0.29, 0.717) is 31.4 Å². The molecule has 8 nitrogen and oxygen atoms in total. The van der Waals surface area contributed by atoms with E-state index in [4.69, 9.17) is 20.4 Å². The van der Waals surface area contributed by atoms with Gasteiger partial charge in [0.05, 0.1) is 25.3 Å². The van der Waals surface area contributed by atoms with Gasteiger partial charge < -0.3 is 15.4 Å². The lowest BCUT2D eigenvalue weighted by Gasteiger charge is -2.32. The number of hydrogen-bond acceptors (Lipinski definition) is 7. The molecule has 5 rings (SSSR count). The van der Waals surface area contributed by atoms with Gasteiger partial charge in [-0.05, 0) is 25.0 Å². The van der Waals surface area contributed by atoms with E-state index in [1.807, 2.05) is 11.0 Å². The lowest BCUT2D eigenvalue weighted by atomic mass is 9.94. The van der Waals surface area contributed by atoms with Gasteiger partial charge in [0.15, 0.2) is 0 Å². The van der Waals surface area contributed by atoms with Crippen LogP contribution in [0.1, 0.15) is 37.7 Å². The molecular weight excluding hydrogens is 368 g/mol. The van der Waals surface area contributed by atoms with Gasteiger partial charge in [-0.2, -0.15) is 4.98 Å². The molecule has 0 atom stereocenters. The van der Waals surface area contributed by atoms with Gasteiger partial charge in [-0.3, -0.25) is 9.69 Å².